The number of nitrogens with one attached hydrogen (secondary N) is 1. The van der Waals surface area contributed by atoms with E-state index in [1.54, 1.807) is 23.5 Å². The van der Waals surface area contributed by atoms with Crippen LogP contribution in [0.5, 0.6) is 0 Å². The molecule has 0 spiro atoms. The minimum atomic E-state index is -3.85. The lowest BCUT2D eigenvalue weighted by atomic mass is 10.2. The van der Waals surface area contributed by atoms with Crippen molar-refractivity contribution in [1.82, 2.24) is 4.98 Å². The van der Waals surface area contributed by atoms with E-state index in [0.29, 0.717) is 10.7 Å². The van der Waals surface area contributed by atoms with E-state index in [0.717, 1.165) is 20.8 Å². The zero-order valence-electron chi connectivity index (χ0n) is 14.6. The Morgan fingerprint density at radius 3 is 2.46 bits per heavy atom. The number of anilines is 1. The number of benzene rings is 3. The molecule has 1 heterocycles. The van der Waals surface area contributed by atoms with Gasteiger partial charge in [-0.05, 0) is 67.1 Å². The number of hydrogen-bond acceptors (Lipinski definition) is 4. The largest absolute Gasteiger partial charge is 0.280 e. The molecule has 3 aromatic carbocycles. The minimum absolute atomic E-state index is 0.0627. The van der Waals surface area contributed by atoms with Gasteiger partial charge in [0.15, 0.2) is 0 Å². The second-order valence-corrected chi connectivity index (χ2v) is 9.77. The third-order valence-electron chi connectivity index (χ3n) is 4.11. The van der Waals surface area contributed by atoms with E-state index < -0.39 is 10.0 Å². The molecule has 28 heavy (non-hydrogen) atoms. The quantitative estimate of drug-likeness (QED) is 0.393. The lowest BCUT2D eigenvalue weighted by Gasteiger charge is -2.10. The summed E-state index contributed by atoms with van der Waals surface area (Å²) in [5.41, 5.74) is 3.48. The summed E-state index contributed by atoms with van der Waals surface area (Å²) in [5.74, 6) is 0. The van der Waals surface area contributed by atoms with Crippen molar-refractivity contribution in [2.45, 2.75) is 11.8 Å². The summed E-state index contributed by atoms with van der Waals surface area (Å²) < 4.78 is 28.9. The highest BCUT2D eigenvalue weighted by Crippen LogP contribution is 2.32. The molecule has 0 aliphatic rings. The molecule has 0 aliphatic heterocycles. The summed E-state index contributed by atoms with van der Waals surface area (Å²) in [6.07, 6.45) is 0. The lowest BCUT2D eigenvalue weighted by Crippen LogP contribution is -2.13. The second kappa shape index (κ2) is 7.37. The molecule has 1 N–H and O–H groups in total. The van der Waals surface area contributed by atoms with Crippen LogP contribution < -0.4 is 4.72 Å². The van der Waals surface area contributed by atoms with Gasteiger partial charge in [-0.15, -0.1) is 11.3 Å². The number of sulfonamides is 1. The van der Waals surface area contributed by atoms with E-state index in [4.69, 9.17) is 23.2 Å². The van der Waals surface area contributed by atoms with Gasteiger partial charge in [-0.3, -0.25) is 4.72 Å². The summed E-state index contributed by atoms with van der Waals surface area (Å²) in [4.78, 5) is 4.58. The first-order chi connectivity index (χ1) is 13.3. The van der Waals surface area contributed by atoms with Crippen LogP contribution in [0.25, 0.3) is 20.8 Å². The number of aromatic nitrogens is 1. The van der Waals surface area contributed by atoms with E-state index in [2.05, 4.69) is 15.8 Å². The summed E-state index contributed by atoms with van der Waals surface area (Å²) >= 11 is 13.5. The first-order valence-corrected chi connectivity index (χ1v) is 11.3. The molecule has 4 rings (SSSR count). The molecule has 0 radical (unpaired) electrons. The van der Waals surface area contributed by atoms with Gasteiger partial charge in [-0.2, -0.15) is 0 Å². The monoisotopic (exact) mass is 448 g/mol. The van der Waals surface area contributed by atoms with E-state index in [9.17, 15) is 8.42 Å². The Morgan fingerprint density at radius 2 is 1.71 bits per heavy atom. The van der Waals surface area contributed by atoms with E-state index in [1.165, 1.54) is 23.8 Å². The third kappa shape index (κ3) is 3.86. The second-order valence-electron chi connectivity index (χ2n) is 6.25. The maximum absolute atomic E-state index is 12.6. The van der Waals surface area contributed by atoms with Crippen molar-refractivity contribution in [3.8, 4) is 10.6 Å². The normalized spacial score (nSPS) is 11.7. The molecular formula is C20H14Cl2N2O2S2. The van der Waals surface area contributed by atoms with Gasteiger partial charge in [-0.1, -0.05) is 29.3 Å². The van der Waals surface area contributed by atoms with Gasteiger partial charge in [0.2, 0.25) is 0 Å². The lowest BCUT2D eigenvalue weighted by molar-refractivity contribution is 0.601. The smallest absolute Gasteiger partial charge is 0.263 e. The molecule has 0 fully saturated rings. The Morgan fingerprint density at radius 1 is 0.964 bits per heavy atom. The Labute approximate surface area is 176 Å². The predicted molar refractivity (Wildman–Crippen MR) is 117 cm³/mol. The van der Waals surface area contributed by atoms with Crippen molar-refractivity contribution in [2.24, 2.45) is 0 Å². The molecule has 4 aromatic rings. The van der Waals surface area contributed by atoms with Crippen LogP contribution in [0.1, 0.15) is 5.56 Å². The standard InChI is InChI=1S/C20H14Cl2N2O2S2/c1-12-2-9-17-18(10-12)27-20(23-17)13-3-6-15(7-4-13)24-28(25,26)19-11-14(21)5-8-16(19)22/h2-11,24H,1H3. The molecular weight excluding hydrogens is 435 g/mol. The van der Waals surface area contributed by atoms with Gasteiger partial charge in [0.1, 0.15) is 9.90 Å². The molecule has 0 atom stereocenters. The van der Waals surface area contributed by atoms with Gasteiger partial charge in [-0.25, -0.2) is 13.4 Å². The van der Waals surface area contributed by atoms with Crippen molar-refractivity contribution in [1.29, 1.82) is 0 Å². The summed E-state index contributed by atoms with van der Waals surface area (Å²) in [7, 11) is -3.85. The summed E-state index contributed by atoms with van der Waals surface area (Å²) in [5, 5.41) is 1.29. The first kappa shape index (κ1) is 19.2. The maximum Gasteiger partial charge on any atom is 0.263 e. The molecule has 4 nitrogen and oxygen atoms in total. The third-order valence-corrected chi connectivity index (χ3v) is 7.28. The molecule has 8 heteroatoms. The molecule has 0 amide bonds. The first-order valence-electron chi connectivity index (χ1n) is 8.27. The fourth-order valence-corrected chi connectivity index (χ4v) is 5.62. The molecule has 0 saturated carbocycles. The van der Waals surface area contributed by atoms with Crippen LogP contribution in [-0.2, 0) is 10.0 Å². The molecule has 0 aliphatic carbocycles. The van der Waals surface area contributed by atoms with Crippen LogP contribution in [0.3, 0.4) is 0 Å². The van der Waals surface area contributed by atoms with Gasteiger partial charge < -0.3 is 0 Å². The van der Waals surface area contributed by atoms with Gasteiger partial charge in [0, 0.05) is 16.3 Å². The van der Waals surface area contributed by atoms with Crippen LogP contribution in [-0.4, -0.2) is 13.4 Å². The van der Waals surface area contributed by atoms with Crippen molar-refractivity contribution >= 4 is 60.5 Å². The number of halogens is 2. The molecule has 142 valence electrons. The fourth-order valence-electron chi connectivity index (χ4n) is 2.73. The molecule has 1 aromatic heterocycles. The molecule has 0 unspecified atom stereocenters. The van der Waals surface area contributed by atoms with E-state index >= 15 is 0 Å². The number of rotatable bonds is 4. The zero-order valence-corrected chi connectivity index (χ0v) is 17.8. The van der Waals surface area contributed by atoms with Crippen LogP contribution in [0.4, 0.5) is 5.69 Å². The number of thiazole rings is 1. The number of nitrogens with zero attached hydrogens (tertiary/aromatic N) is 1. The van der Waals surface area contributed by atoms with Crippen molar-refractivity contribution in [2.75, 3.05) is 4.72 Å². The fraction of sp³-hybridized carbons (Fsp3) is 0.0500. The van der Waals surface area contributed by atoms with Gasteiger partial charge in [0.25, 0.3) is 10.0 Å². The van der Waals surface area contributed by atoms with Crippen LogP contribution in [0, 0.1) is 6.92 Å². The van der Waals surface area contributed by atoms with Crippen molar-refractivity contribution in [3.05, 3.63) is 76.3 Å². The Hall–Kier alpha value is -2.12. The van der Waals surface area contributed by atoms with E-state index in [-0.39, 0.29) is 9.92 Å². The van der Waals surface area contributed by atoms with Crippen molar-refractivity contribution < 1.29 is 8.42 Å². The van der Waals surface area contributed by atoms with Crippen LogP contribution in [0.15, 0.2) is 65.6 Å². The molecule has 0 saturated heterocycles. The van der Waals surface area contributed by atoms with E-state index in [1.807, 2.05) is 31.2 Å². The average molecular weight is 449 g/mol. The van der Waals surface area contributed by atoms with Crippen LogP contribution >= 0.6 is 34.5 Å². The topological polar surface area (TPSA) is 59.1 Å². The Balaban J connectivity index is 1.61. The minimum Gasteiger partial charge on any atom is -0.280 e. The number of aryl methyl sites for hydroxylation is 1. The highest BCUT2D eigenvalue weighted by atomic mass is 35.5. The molecule has 0 bridgehead atoms. The maximum atomic E-state index is 12.6. The number of fused-ring (bicyclic) bond motifs is 1. The van der Waals surface area contributed by atoms with Crippen LogP contribution in [0.2, 0.25) is 10.0 Å². The summed E-state index contributed by atoms with van der Waals surface area (Å²) in [6, 6.07) is 17.5. The van der Waals surface area contributed by atoms with Crippen molar-refractivity contribution in [3.63, 3.8) is 0 Å². The Bertz CT molecular complexity index is 1280. The predicted octanol–water partition coefficient (Wildman–Crippen LogP) is 6.38. The zero-order chi connectivity index (χ0) is 19.9. The number of hydrogen-bond donors (Lipinski definition) is 1. The average Bonchev–Trinajstić information content (AvgIpc) is 3.07. The summed E-state index contributed by atoms with van der Waals surface area (Å²) in [6.45, 7) is 2.05. The highest BCUT2D eigenvalue weighted by Gasteiger charge is 2.18. The van der Waals surface area contributed by atoms with Gasteiger partial charge >= 0.3 is 0 Å². The Kier molecular flexibility index (Phi) is 5.05. The highest BCUT2D eigenvalue weighted by molar-refractivity contribution is 7.92. The van der Waals surface area contributed by atoms with Gasteiger partial charge in [0.05, 0.1) is 15.2 Å². The SMILES string of the molecule is Cc1ccc2nc(-c3ccc(NS(=O)(=O)c4cc(Cl)ccc4Cl)cc3)sc2c1.